The van der Waals surface area contributed by atoms with Crippen molar-refractivity contribution in [3.05, 3.63) is 18.2 Å². The molecule has 0 bridgehead atoms. The Morgan fingerprint density at radius 3 is 2.40 bits per heavy atom. The molecule has 0 radical (unpaired) electrons. The van der Waals surface area contributed by atoms with E-state index in [4.69, 9.17) is 15.9 Å². The van der Waals surface area contributed by atoms with Gasteiger partial charge in [-0.3, -0.25) is 24.0 Å². The summed E-state index contributed by atoms with van der Waals surface area (Å²) in [4.78, 5) is 79.6. The Bertz CT molecular complexity index is 951. The minimum atomic E-state index is -1.65. The SMILES string of the molecule is NC(Cc1cnc[nH]1)C(=O)N1CCCC1C(=O)NC(CC(=O)O)C(=O)NC(CCC(=O)O)C(=O)O. The first kappa shape index (κ1) is 27.2. The van der Waals surface area contributed by atoms with Gasteiger partial charge in [0.1, 0.15) is 18.1 Å². The molecule has 0 saturated carbocycles. The number of carboxylic acids is 3. The predicted octanol–water partition coefficient (Wildman–Crippen LogP) is -2.34. The molecule has 1 aliphatic rings. The normalized spacial score (nSPS) is 17.7. The minimum absolute atomic E-state index is 0.153. The third-order valence-corrected chi connectivity index (χ3v) is 5.42. The van der Waals surface area contributed by atoms with E-state index in [1.807, 2.05) is 0 Å². The number of aromatic amines is 1. The first-order chi connectivity index (χ1) is 16.5. The van der Waals surface area contributed by atoms with Gasteiger partial charge >= 0.3 is 17.9 Å². The van der Waals surface area contributed by atoms with Gasteiger partial charge in [0, 0.05) is 31.3 Å². The number of hydrogen-bond donors (Lipinski definition) is 7. The number of carboxylic acid groups (broad SMARTS) is 3. The highest BCUT2D eigenvalue weighted by Crippen LogP contribution is 2.19. The van der Waals surface area contributed by atoms with E-state index in [9.17, 15) is 33.9 Å². The second-order valence-corrected chi connectivity index (χ2v) is 8.07. The second kappa shape index (κ2) is 12.5. The fourth-order valence-electron chi connectivity index (χ4n) is 3.69. The molecule has 2 heterocycles. The number of likely N-dealkylation sites (tertiary alicyclic amines) is 1. The van der Waals surface area contributed by atoms with Crippen LogP contribution in [0.15, 0.2) is 12.5 Å². The van der Waals surface area contributed by atoms with Crippen molar-refractivity contribution in [1.29, 1.82) is 0 Å². The summed E-state index contributed by atoms with van der Waals surface area (Å²) in [5.41, 5.74) is 6.61. The number of carbonyl (C=O) groups excluding carboxylic acids is 3. The van der Waals surface area contributed by atoms with E-state index in [1.54, 1.807) is 0 Å². The second-order valence-electron chi connectivity index (χ2n) is 8.07. The third-order valence-electron chi connectivity index (χ3n) is 5.42. The molecule has 1 aromatic heterocycles. The smallest absolute Gasteiger partial charge is 0.326 e. The molecule has 1 fully saturated rings. The van der Waals surface area contributed by atoms with Crippen LogP contribution in [0.5, 0.6) is 0 Å². The summed E-state index contributed by atoms with van der Waals surface area (Å²) in [6.45, 7) is 0.236. The molecule has 15 nitrogen and oxygen atoms in total. The van der Waals surface area contributed by atoms with E-state index in [0.29, 0.717) is 12.1 Å². The molecule has 3 amide bonds. The molecule has 35 heavy (non-hydrogen) atoms. The lowest BCUT2D eigenvalue weighted by Gasteiger charge is -2.28. The zero-order chi connectivity index (χ0) is 26.1. The molecule has 1 aromatic rings. The van der Waals surface area contributed by atoms with E-state index >= 15 is 0 Å². The van der Waals surface area contributed by atoms with Crippen molar-refractivity contribution >= 4 is 35.6 Å². The average molecular weight is 496 g/mol. The number of hydrogen-bond acceptors (Lipinski definition) is 8. The van der Waals surface area contributed by atoms with E-state index in [0.717, 1.165) is 0 Å². The largest absolute Gasteiger partial charge is 0.481 e. The molecular formula is C20H28N6O9. The van der Waals surface area contributed by atoms with Gasteiger partial charge in [-0.05, 0) is 19.3 Å². The first-order valence-electron chi connectivity index (χ1n) is 10.8. The zero-order valence-electron chi connectivity index (χ0n) is 18.7. The first-order valence-corrected chi connectivity index (χ1v) is 10.8. The Morgan fingerprint density at radius 1 is 1.11 bits per heavy atom. The molecule has 8 N–H and O–H groups in total. The van der Waals surface area contributed by atoms with Crippen LogP contribution in [-0.4, -0.2) is 96.5 Å². The fraction of sp³-hybridized carbons (Fsp3) is 0.550. The van der Waals surface area contributed by atoms with Crippen LogP contribution < -0.4 is 16.4 Å². The van der Waals surface area contributed by atoms with Crippen molar-refractivity contribution in [2.24, 2.45) is 5.73 Å². The maximum atomic E-state index is 12.9. The molecular weight excluding hydrogens is 468 g/mol. The van der Waals surface area contributed by atoms with Crippen molar-refractivity contribution in [1.82, 2.24) is 25.5 Å². The lowest BCUT2D eigenvalue weighted by Crippen LogP contribution is -2.57. The average Bonchev–Trinajstić information content (AvgIpc) is 3.46. The standard InChI is InChI=1S/C20H28N6O9/c21-11(6-10-8-22-9-23-10)19(33)26-5-1-2-14(26)18(32)25-13(7-16(29)30)17(31)24-12(20(34)35)3-4-15(27)28/h8-9,11-14H,1-7,21H2,(H,22,23)(H,24,31)(H,25,32)(H,27,28)(H,29,30)(H,34,35). The molecule has 2 rings (SSSR count). The molecule has 15 heteroatoms. The summed E-state index contributed by atoms with van der Waals surface area (Å²) in [5, 5.41) is 31.4. The lowest BCUT2D eigenvalue weighted by molar-refractivity contribution is -0.145. The number of carbonyl (C=O) groups is 6. The summed E-state index contributed by atoms with van der Waals surface area (Å²) in [5.74, 6) is -6.63. The summed E-state index contributed by atoms with van der Waals surface area (Å²) in [7, 11) is 0. The van der Waals surface area contributed by atoms with Crippen molar-refractivity contribution in [3.63, 3.8) is 0 Å². The Kier molecular flexibility index (Phi) is 9.69. The zero-order valence-corrected chi connectivity index (χ0v) is 18.7. The van der Waals surface area contributed by atoms with Crippen LogP contribution in [0.2, 0.25) is 0 Å². The number of imidazole rings is 1. The monoisotopic (exact) mass is 496 g/mol. The van der Waals surface area contributed by atoms with Gasteiger partial charge in [0.2, 0.25) is 17.7 Å². The van der Waals surface area contributed by atoms with Gasteiger partial charge in [0.25, 0.3) is 0 Å². The van der Waals surface area contributed by atoms with E-state index in [-0.39, 0.29) is 19.4 Å². The Hall–Kier alpha value is -4.01. The van der Waals surface area contributed by atoms with Crippen LogP contribution >= 0.6 is 0 Å². The Balaban J connectivity index is 2.07. The summed E-state index contributed by atoms with van der Waals surface area (Å²) in [6, 6.07) is -5.21. The predicted molar refractivity (Wildman–Crippen MR) is 116 cm³/mol. The number of nitrogens with one attached hydrogen (secondary N) is 3. The van der Waals surface area contributed by atoms with Crippen LogP contribution in [0.4, 0.5) is 0 Å². The molecule has 0 aliphatic carbocycles. The molecule has 192 valence electrons. The number of H-pyrrole nitrogens is 1. The molecule has 1 saturated heterocycles. The molecule has 4 unspecified atom stereocenters. The van der Waals surface area contributed by atoms with Crippen molar-refractivity contribution in [3.8, 4) is 0 Å². The van der Waals surface area contributed by atoms with Crippen molar-refractivity contribution in [2.75, 3.05) is 6.54 Å². The van der Waals surface area contributed by atoms with E-state index in [2.05, 4.69) is 20.6 Å². The van der Waals surface area contributed by atoms with Crippen LogP contribution in [0.25, 0.3) is 0 Å². The molecule has 1 aliphatic heterocycles. The number of rotatable bonds is 13. The maximum absolute atomic E-state index is 12.9. The number of nitrogens with two attached hydrogens (primary N) is 1. The van der Waals surface area contributed by atoms with Gasteiger partial charge in [-0.2, -0.15) is 0 Å². The van der Waals surface area contributed by atoms with Crippen molar-refractivity contribution in [2.45, 2.75) is 62.7 Å². The van der Waals surface area contributed by atoms with Crippen molar-refractivity contribution < 1.29 is 44.1 Å². The Labute approximate surface area is 199 Å². The molecule has 0 aromatic carbocycles. The number of aliphatic carboxylic acids is 3. The van der Waals surface area contributed by atoms with Gasteiger partial charge < -0.3 is 41.6 Å². The fourth-order valence-corrected chi connectivity index (χ4v) is 3.69. The van der Waals surface area contributed by atoms with Gasteiger partial charge in [0.05, 0.1) is 18.8 Å². The third kappa shape index (κ3) is 8.06. The summed E-state index contributed by atoms with van der Waals surface area (Å²) >= 11 is 0. The Morgan fingerprint density at radius 2 is 1.83 bits per heavy atom. The topological polar surface area (TPSA) is 245 Å². The van der Waals surface area contributed by atoms with Crippen LogP contribution in [0.3, 0.4) is 0 Å². The highest BCUT2D eigenvalue weighted by atomic mass is 16.4. The molecule has 4 atom stereocenters. The minimum Gasteiger partial charge on any atom is -0.481 e. The van der Waals surface area contributed by atoms with E-state index < -0.39 is 79.1 Å². The van der Waals surface area contributed by atoms with Crippen LogP contribution in [0.1, 0.15) is 37.8 Å². The van der Waals surface area contributed by atoms with Gasteiger partial charge in [-0.15, -0.1) is 0 Å². The number of nitrogens with zero attached hydrogens (tertiary/aromatic N) is 2. The number of amides is 3. The van der Waals surface area contributed by atoms with Crippen LogP contribution in [0, 0.1) is 0 Å². The quantitative estimate of drug-likeness (QED) is 0.152. The summed E-state index contributed by atoms with van der Waals surface area (Å²) in [6.07, 6.45) is 1.98. The summed E-state index contributed by atoms with van der Waals surface area (Å²) < 4.78 is 0. The van der Waals surface area contributed by atoms with Crippen LogP contribution in [-0.2, 0) is 35.2 Å². The maximum Gasteiger partial charge on any atom is 0.326 e. The van der Waals surface area contributed by atoms with E-state index in [1.165, 1.54) is 17.4 Å². The lowest BCUT2D eigenvalue weighted by atomic mass is 10.1. The van der Waals surface area contributed by atoms with Gasteiger partial charge in [-0.1, -0.05) is 0 Å². The van der Waals surface area contributed by atoms with Gasteiger partial charge in [-0.25, -0.2) is 9.78 Å². The molecule has 0 spiro atoms. The highest BCUT2D eigenvalue weighted by molar-refractivity contribution is 5.96. The highest BCUT2D eigenvalue weighted by Gasteiger charge is 2.38. The van der Waals surface area contributed by atoms with Gasteiger partial charge in [0.15, 0.2) is 0 Å². The number of aromatic nitrogens is 2.